The Morgan fingerprint density at radius 2 is 1.70 bits per heavy atom. The van der Waals surface area contributed by atoms with Gasteiger partial charge in [-0.3, -0.25) is 9.59 Å². The molecule has 4 aromatic rings. The van der Waals surface area contributed by atoms with Gasteiger partial charge in [-0.15, -0.1) is 23.1 Å². The van der Waals surface area contributed by atoms with Crippen molar-refractivity contribution in [1.29, 1.82) is 0 Å². The first-order valence-electron chi connectivity index (χ1n) is 10.6. The molecule has 1 saturated heterocycles. The van der Waals surface area contributed by atoms with E-state index in [1.54, 1.807) is 45.0 Å². The highest BCUT2D eigenvalue weighted by Crippen LogP contribution is 2.34. The first-order chi connectivity index (χ1) is 16.1. The Hall–Kier alpha value is -3.23. The van der Waals surface area contributed by atoms with E-state index < -0.39 is 0 Å². The average molecular weight is 479 g/mol. The van der Waals surface area contributed by atoms with Crippen LogP contribution in [0.4, 0.5) is 0 Å². The number of nitrogens with zero attached hydrogens (tertiary/aromatic N) is 2. The highest BCUT2D eigenvalue weighted by atomic mass is 32.2. The monoisotopic (exact) mass is 478 g/mol. The first kappa shape index (κ1) is 21.6. The first-order valence-corrected chi connectivity index (χ1v) is 12.5. The van der Waals surface area contributed by atoms with Gasteiger partial charge >= 0.3 is 0 Å². The van der Waals surface area contributed by atoms with E-state index in [1.165, 1.54) is 16.3 Å². The van der Waals surface area contributed by atoms with E-state index in [4.69, 9.17) is 4.42 Å². The fourth-order valence-corrected chi connectivity index (χ4v) is 5.79. The van der Waals surface area contributed by atoms with Gasteiger partial charge in [0.05, 0.1) is 4.21 Å². The molecule has 1 N–H and O–H groups in total. The number of para-hydroxylation sites is 1. The number of rotatable bonds is 5. The summed E-state index contributed by atoms with van der Waals surface area (Å²) >= 11 is 3.37. The fraction of sp³-hybridized carbons (Fsp3) is 0.200. The Morgan fingerprint density at radius 1 is 0.939 bits per heavy atom. The van der Waals surface area contributed by atoms with Crippen LogP contribution in [0, 0.1) is 0 Å². The number of furan rings is 1. The molecule has 8 heteroatoms. The van der Waals surface area contributed by atoms with E-state index in [0.29, 0.717) is 48.8 Å². The number of phenolic OH excluding ortho intramolecular Hbond substituents is 1. The van der Waals surface area contributed by atoms with Crippen LogP contribution in [-0.4, -0.2) is 52.9 Å². The van der Waals surface area contributed by atoms with E-state index in [-0.39, 0.29) is 17.6 Å². The van der Waals surface area contributed by atoms with Crippen molar-refractivity contribution in [2.24, 2.45) is 0 Å². The van der Waals surface area contributed by atoms with Crippen molar-refractivity contribution in [2.75, 3.05) is 26.2 Å². The second-order valence-corrected chi connectivity index (χ2v) is 9.98. The van der Waals surface area contributed by atoms with E-state index in [2.05, 4.69) is 6.07 Å². The molecular formula is C25H22N2O4S2. The van der Waals surface area contributed by atoms with Crippen LogP contribution in [-0.2, 0) is 5.75 Å². The van der Waals surface area contributed by atoms with Crippen molar-refractivity contribution in [1.82, 2.24) is 9.80 Å². The molecule has 0 saturated carbocycles. The highest BCUT2D eigenvalue weighted by Gasteiger charge is 2.29. The zero-order valence-corrected chi connectivity index (χ0v) is 19.4. The summed E-state index contributed by atoms with van der Waals surface area (Å²) in [6.07, 6.45) is 0. The minimum Gasteiger partial charge on any atom is -0.508 e. The lowest BCUT2D eigenvalue weighted by molar-refractivity contribution is 0.0518. The van der Waals surface area contributed by atoms with Crippen molar-refractivity contribution in [2.45, 2.75) is 9.96 Å². The van der Waals surface area contributed by atoms with Crippen molar-refractivity contribution in [3.8, 4) is 5.75 Å². The summed E-state index contributed by atoms with van der Waals surface area (Å²) < 4.78 is 7.22. The summed E-state index contributed by atoms with van der Waals surface area (Å²) in [6, 6.07) is 18.2. The number of thioether (sulfide) groups is 1. The quantitative estimate of drug-likeness (QED) is 0.405. The van der Waals surface area contributed by atoms with Crippen molar-refractivity contribution in [3.05, 3.63) is 82.9 Å². The Morgan fingerprint density at radius 3 is 2.42 bits per heavy atom. The van der Waals surface area contributed by atoms with E-state index >= 15 is 0 Å². The lowest BCUT2D eigenvalue weighted by Crippen LogP contribution is -2.50. The predicted octanol–water partition coefficient (Wildman–Crippen LogP) is 5.09. The summed E-state index contributed by atoms with van der Waals surface area (Å²) in [7, 11) is 0. The van der Waals surface area contributed by atoms with Crippen LogP contribution in [0.5, 0.6) is 5.75 Å². The number of aromatic hydroxyl groups is 1. The lowest BCUT2D eigenvalue weighted by Gasteiger charge is -2.34. The number of piperazine rings is 1. The van der Waals surface area contributed by atoms with Gasteiger partial charge in [-0.25, -0.2) is 0 Å². The normalized spacial score (nSPS) is 14.1. The van der Waals surface area contributed by atoms with Crippen molar-refractivity contribution < 1.29 is 19.1 Å². The van der Waals surface area contributed by atoms with Gasteiger partial charge in [0.2, 0.25) is 0 Å². The SMILES string of the molecule is O=C(c1cccc(O)c1)N1CCN(C(=O)c2oc3ccccc3c2CSc2cccs2)CC1. The number of fused-ring (bicyclic) bond motifs is 1. The molecule has 6 nitrogen and oxygen atoms in total. The van der Waals surface area contributed by atoms with Crippen LogP contribution in [0.3, 0.4) is 0 Å². The number of carbonyl (C=O) groups excluding carboxylic acids is 2. The third-order valence-corrected chi connectivity index (χ3v) is 7.85. The van der Waals surface area contributed by atoms with Gasteiger partial charge in [-0.2, -0.15) is 0 Å². The third kappa shape index (κ3) is 4.49. The average Bonchev–Trinajstić information content (AvgIpc) is 3.50. The van der Waals surface area contributed by atoms with E-state index in [1.807, 2.05) is 35.7 Å². The predicted molar refractivity (Wildman–Crippen MR) is 130 cm³/mol. The zero-order chi connectivity index (χ0) is 22.8. The Labute approximate surface area is 199 Å². The summed E-state index contributed by atoms with van der Waals surface area (Å²) in [5.41, 5.74) is 2.06. The number of hydrogen-bond donors (Lipinski definition) is 1. The largest absolute Gasteiger partial charge is 0.508 e. The van der Waals surface area contributed by atoms with Gasteiger partial charge in [-0.05, 0) is 35.7 Å². The van der Waals surface area contributed by atoms with Gasteiger partial charge in [0.25, 0.3) is 11.8 Å². The number of benzene rings is 2. The molecule has 33 heavy (non-hydrogen) atoms. The second kappa shape index (κ2) is 9.33. The summed E-state index contributed by atoms with van der Waals surface area (Å²) in [5, 5.41) is 12.7. The van der Waals surface area contributed by atoms with Gasteiger partial charge in [-0.1, -0.05) is 30.3 Å². The maximum atomic E-state index is 13.4. The van der Waals surface area contributed by atoms with Gasteiger partial charge in [0, 0.05) is 48.4 Å². The summed E-state index contributed by atoms with van der Waals surface area (Å²) in [4.78, 5) is 29.7. The number of amides is 2. The number of carbonyl (C=O) groups is 2. The van der Waals surface area contributed by atoms with Crippen LogP contribution in [0.15, 0.2) is 74.7 Å². The molecule has 1 aliphatic rings. The zero-order valence-electron chi connectivity index (χ0n) is 17.8. The molecule has 2 aromatic heterocycles. The molecule has 0 spiro atoms. The summed E-state index contributed by atoms with van der Waals surface area (Å²) in [5.74, 6) is 0.807. The second-order valence-electron chi connectivity index (χ2n) is 7.76. The third-order valence-electron chi connectivity index (χ3n) is 5.69. The minimum atomic E-state index is -0.144. The smallest absolute Gasteiger partial charge is 0.290 e. The molecule has 2 amide bonds. The molecule has 3 heterocycles. The van der Waals surface area contributed by atoms with Crippen LogP contribution in [0.25, 0.3) is 11.0 Å². The standard InChI is InChI=1S/C25H22N2O4S2/c28-18-6-3-5-17(15-18)24(29)26-10-12-27(13-11-26)25(30)23-20(16-33-22-9-4-14-32-22)19-7-1-2-8-21(19)31-23/h1-9,14-15,28H,10-13,16H2. The Balaban J connectivity index is 1.32. The lowest BCUT2D eigenvalue weighted by atomic mass is 10.1. The molecule has 0 unspecified atom stereocenters. The van der Waals surface area contributed by atoms with E-state index in [0.717, 1.165) is 10.9 Å². The Bertz CT molecular complexity index is 1290. The molecule has 0 bridgehead atoms. The molecule has 168 valence electrons. The van der Waals surface area contributed by atoms with E-state index in [9.17, 15) is 14.7 Å². The van der Waals surface area contributed by atoms with Crippen LogP contribution in [0.2, 0.25) is 0 Å². The fourth-order valence-electron chi connectivity index (χ4n) is 3.98. The Kier molecular flexibility index (Phi) is 6.11. The summed E-state index contributed by atoms with van der Waals surface area (Å²) in [6.45, 7) is 1.72. The van der Waals surface area contributed by atoms with Crippen LogP contribution >= 0.6 is 23.1 Å². The maximum absolute atomic E-state index is 13.4. The van der Waals surface area contributed by atoms with Gasteiger partial charge < -0.3 is 19.3 Å². The molecule has 5 rings (SSSR count). The molecule has 0 aliphatic carbocycles. The topological polar surface area (TPSA) is 74.0 Å². The molecule has 2 aromatic carbocycles. The van der Waals surface area contributed by atoms with Crippen LogP contribution < -0.4 is 0 Å². The maximum Gasteiger partial charge on any atom is 0.290 e. The molecule has 1 fully saturated rings. The molecule has 1 aliphatic heterocycles. The minimum absolute atomic E-state index is 0.0625. The highest BCUT2D eigenvalue weighted by molar-refractivity contribution is 8.00. The number of thiophene rings is 1. The number of hydrogen-bond acceptors (Lipinski definition) is 6. The van der Waals surface area contributed by atoms with Crippen LogP contribution in [0.1, 0.15) is 26.5 Å². The van der Waals surface area contributed by atoms with Gasteiger partial charge in [0.1, 0.15) is 11.3 Å². The van der Waals surface area contributed by atoms with Gasteiger partial charge in [0.15, 0.2) is 5.76 Å². The molecular weight excluding hydrogens is 456 g/mol. The molecule has 0 radical (unpaired) electrons. The van der Waals surface area contributed by atoms with Crippen molar-refractivity contribution in [3.63, 3.8) is 0 Å². The molecule has 0 atom stereocenters. The van der Waals surface area contributed by atoms with Crippen molar-refractivity contribution >= 4 is 45.9 Å². The number of phenols is 1.